The molecule has 1 rings (SSSR count). The molecule has 1 fully saturated rings. The number of unbranched alkanes of at least 4 members (excludes halogenated alkanes) is 12. The largest absolute Gasteiger partial charge is 0.312 e. The molecule has 0 amide bonds. The van der Waals surface area contributed by atoms with Crippen molar-refractivity contribution in [2.45, 2.75) is 116 Å². The van der Waals surface area contributed by atoms with Crippen LogP contribution in [0.1, 0.15) is 110 Å². The van der Waals surface area contributed by atoms with E-state index in [1.54, 1.807) is 5.06 Å². The molecule has 0 aromatic carbocycles. The van der Waals surface area contributed by atoms with Crippen molar-refractivity contribution in [3.8, 4) is 0 Å². The van der Waals surface area contributed by atoms with Crippen LogP contribution in [0.4, 0.5) is 0 Å². The Kier molecular flexibility index (Phi) is 13.8. The van der Waals surface area contributed by atoms with Crippen LogP contribution in [-0.2, 0) is 0 Å². The Labute approximate surface area is 151 Å². The lowest BCUT2D eigenvalue weighted by Crippen LogP contribution is -2.37. The van der Waals surface area contributed by atoms with Gasteiger partial charge in [-0.05, 0) is 19.4 Å². The summed E-state index contributed by atoms with van der Waals surface area (Å²) in [6.07, 6.45) is 20.7. The second-order valence-corrected chi connectivity index (χ2v) is 7.71. The van der Waals surface area contributed by atoms with Crippen molar-refractivity contribution in [1.82, 2.24) is 9.96 Å². The molecule has 0 aromatic rings. The van der Waals surface area contributed by atoms with E-state index in [1.165, 1.54) is 89.9 Å². The molecule has 1 saturated heterocycles. The minimum absolute atomic E-state index is 0.291. The molecule has 0 saturated carbocycles. The van der Waals surface area contributed by atoms with Crippen molar-refractivity contribution in [2.75, 3.05) is 19.6 Å². The van der Waals surface area contributed by atoms with Crippen molar-refractivity contribution < 1.29 is 5.21 Å². The monoisotopic (exact) mass is 340 g/mol. The Morgan fingerprint density at radius 1 is 0.667 bits per heavy atom. The molecule has 3 heteroatoms. The topological polar surface area (TPSA) is 26.7 Å². The van der Waals surface area contributed by atoms with Gasteiger partial charge >= 0.3 is 0 Å². The zero-order chi connectivity index (χ0) is 17.5. The number of hydrogen-bond acceptors (Lipinski definition) is 3. The van der Waals surface area contributed by atoms with Crippen molar-refractivity contribution in [3.63, 3.8) is 0 Å². The molecule has 1 aliphatic heterocycles. The molecular formula is C21H44N2O. The van der Waals surface area contributed by atoms with E-state index in [0.29, 0.717) is 6.17 Å². The smallest absolute Gasteiger partial charge is 0.0866 e. The third kappa shape index (κ3) is 10.0. The van der Waals surface area contributed by atoms with Gasteiger partial charge in [0.05, 0.1) is 6.17 Å². The average Bonchev–Trinajstić information content (AvgIpc) is 2.94. The van der Waals surface area contributed by atoms with E-state index in [9.17, 15) is 5.21 Å². The lowest BCUT2D eigenvalue weighted by molar-refractivity contribution is -0.127. The van der Waals surface area contributed by atoms with Crippen LogP contribution < -0.4 is 0 Å². The minimum Gasteiger partial charge on any atom is -0.312 e. The molecule has 1 aliphatic rings. The van der Waals surface area contributed by atoms with Gasteiger partial charge in [-0.3, -0.25) is 4.90 Å². The van der Waals surface area contributed by atoms with E-state index in [0.717, 1.165) is 26.1 Å². The highest BCUT2D eigenvalue weighted by Crippen LogP contribution is 2.20. The molecule has 0 radical (unpaired) electrons. The van der Waals surface area contributed by atoms with Crippen LogP contribution >= 0.6 is 0 Å². The van der Waals surface area contributed by atoms with Gasteiger partial charge in [-0.25, -0.2) is 0 Å². The number of rotatable bonds is 16. The van der Waals surface area contributed by atoms with E-state index in [-0.39, 0.29) is 0 Å². The SMILES string of the molecule is CCCCCCCCCCCCCCC1N(O)CCN1CCCC. The van der Waals surface area contributed by atoms with Crippen LogP contribution in [0.5, 0.6) is 0 Å². The van der Waals surface area contributed by atoms with Gasteiger partial charge in [0.2, 0.25) is 0 Å². The Balaban J connectivity index is 1.90. The highest BCUT2D eigenvalue weighted by molar-refractivity contribution is 4.76. The van der Waals surface area contributed by atoms with Gasteiger partial charge in [-0.15, -0.1) is 0 Å². The van der Waals surface area contributed by atoms with Crippen molar-refractivity contribution in [2.24, 2.45) is 0 Å². The fourth-order valence-electron chi connectivity index (χ4n) is 3.84. The van der Waals surface area contributed by atoms with Crippen LogP contribution in [-0.4, -0.2) is 41.0 Å². The van der Waals surface area contributed by atoms with Crippen LogP contribution in [0, 0.1) is 0 Å². The van der Waals surface area contributed by atoms with Crippen molar-refractivity contribution in [3.05, 3.63) is 0 Å². The summed E-state index contributed by atoms with van der Waals surface area (Å²) < 4.78 is 0. The highest BCUT2D eigenvalue weighted by Gasteiger charge is 2.29. The van der Waals surface area contributed by atoms with Crippen LogP contribution in [0.25, 0.3) is 0 Å². The Hall–Kier alpha value is -0.120. The molecule has 1 unspecified atom stereocenters. The van der Waals surface area contributed by atoms with E-state index in [4.69, 9.17) is 0 Å². The molecular weight excluding hydrogens is 296 g/mol. The zero-order valence-electron chi connectivity index (χ0n) is 16.6. The van der Waals surface area contributed by atoms with E-state index < -0.39 is 0 Å². The standard InChI is InChI=1S/C21H44N2O/c1-3-5-7-8-9-10-11-12-13-14-15-16-17-21-22(18-6-4-2)19-20-23(21)24/h21,24H,3-20H2,1-2H3. The van der Waals surface area contributed by atoms with Gasteiger partial charge in [0.15, 0.2) is 0 Å². The molecule has 24 heavy (non-hydrogen) atoms. The van der Waals surface area contributed by atoms with E-state index >= 15 is 0 Å². The number of hydrogen-bond donors (Lipinski definition) is 1. The summed E-state index contributed by atoms with van der Waals surface area (Å²) in [5.41, 5.74) is 0. The van der Waals surface area contributed by atoms with Crippen LogP contribution in [0.3, 0.4) is 0 Å². The summed E-state index contributed by atoms with van der Waals surface area (Å²) in [7, 11) is 0. The van der Waals surface area contributed by atoms with Crippen molar-refractivity contribution >= 4 is 0 Å². The average molecular weight is 341 g/mol. The molecule has 1 N–H and O–H groups in total. The predicted molar refractivity (Wildman–Crippen MR) is 104 cm³/mol. The summed E-state index contributed by atoms with van der Waals surface area (Å²) in [6, 6.07) is 0. The van der Waals surface area contributed by atoms with E-state index in [1.807, 2.05) is 0 Å². The van der Waals surface area contributed by atoms with Gasteiger partial charge in [-0.2, -0.15) is 5.06 Å². The first-order valence-corrected chi connectivity index (χ1v) is 11.0. The maximum atomic E-state index is 10.0. The van der Waals surface area contributed by atoms with Crippen LogP contribution in [0.15, 0.2) is 0 Å². The molecule has 0 bridgehead atoms. The molecule has 3 nitrogen and oxygen atoms in total. The summed E-state index contributed by atoms with van der Waals surface area (Å²) in [6.45, 7) is 7.54. The summed E-state index contributed by atoms with van der Waals surface area (Å²) in [5, 5.41) is 11.6. The molecule has 0 aromatic heterocycles. The third-order valence-electron chi connectivity index (χ3n) is 5.50. The fourth-order valence-corrected chi connectivity index (χ4v) is 3.84. The fraction of sp³-hybridized carbons (Fsp3) is 1.00. The van der Waals surface area contributed by atoms with E-state index in [2.05, 4.69) is 18.7 Å². The molecule has 1 heterocycles. The zero-order valence-corrected chi connectivity index (χ0v) is 16.6. The maximum Gasteiger partial charge on any atom is 0.0866 e. The summed E-state index contributed by atoms with van der Waals surface area (Å²) in [4.78, 5) is 2.47. The summed E-state index contributed by atoms with van der Waals surface area (Å²) >= 11 is 0. The first-order chi connectivity index (χ1) is 11.8. The second kappa shape index (κ2) is 15.2. The van der Waals surface area contributed by atoms with Crippen molar-refractivity contribution in [1.29, 1.82) is 0 Å². The lowest BCUT2D eigenvalue weighted by Gasteiger charge is -2.26. The first-order valence-electron chi connectivity index (χ1n) is 11.0. The van der Waals surface area contributed by atoms with Gasteiger partial charge in [-0.1, -0.05) is 97.3 Å². The van der Waals surface area contributed by atoms with Gasteiger partial charge in [0.25, 0.3) is 0 Å². The lowest BCUT2D eigenvalue weighted by atomic mass is 10.0. The Bertz CT molecular complexity index is 273. The number of nitrogens with zero attached hydrogens (tertiary/aromatic N) is 2. The highest BCUT2D eigenvalue weighted by atomic mass is 16.5. The minimum atomic E-state index is 0.291. The second-order valence-electron chi connectivity index (χ2n) is 7.71. The maximum absolute atomic E-state index is 10.0. The Morgan fingerprint density at radius 3 is 1.71 bits per heavy atom. The Morgan fingerprint density at radius 2 is 1.17 bits per heavy atom. The first kappa shape index (κ1) is 21.9. The number of hydroxylamine groups is 2. The molecule has 144 valence electrons. The van der Waals surface area contributed by atoms with Gasteiger partial charge in [0.1, 0.15) is 0 Å². The summed E-state index contributed by atoms with van der Waals surface area (Å²) in [5.74, 6) is 0. The van der Waals surface area contributed by atoms with Gasteiger partial charge < -0.3 is 5.21 Å². The normalized spacial score (nSPS) is 19.4. The van der Waals surface area contributed by atoms with Gasteiger partial charge in [0, 0.05) is 13.1 Å². The van der Waals surface area contributed by atoms with Crippen LogP contribution in [0.2, 0.25) is 0 Å². The molecule has 0 spiro atoms. The molecule has 1 atom stereocenters. The molecule has 0 aliphatic carbocycles. The predicted octanol–water partition coefficient (Wildman–Crippen LogP) is 6.21. The quantitative estimate of drug-likeness (QED) is 0.338. The third-order valence-corrected chi connectivity index (χ3v) is 5.50.